The lowest BCUT2D eigenvalue weighted by Crippen LogP contribution is -2.47. The Kier molecular flexibility index (Phi) is 5.81. The standard InChI is InChI=1S/C26H24FN5O2S/c27-20-10-5-4-9-19(20)22(31-14-12-30(13-15-31)17-18-7-2-1-3-8-18)23-25(33)32-26(35-23)28-24(29-32)21-11-6-16-34-21/h1-11,16,22,33H,12-15,17H2. The van der Waals surface area contributed by atoms with Gasteiger partial charge in [0.2, 0.25) is 16.7 Å². The van der Waals surface area contributed by atoms with Crippen LogP contribution >= 0.6 is 11.3 Å². The van der Waals surface area contributed by atoms with Crippen molar-refractivity contribution in [1.29, 1.82) is 0 Å². The minimum absolute atomic E-state index is 0.0183. The van der Waals surface area contributed by atoms with Crippen molar-refractivity contribution in [3.8, 4) is 17.5 Å². The highest BCUT2D eigenvalue weighted by atomic mass is 32.1. The molecule has 0 bridgehead atoms. The number of hydrogen-bond donors (Lipinski definition) is 1. The summed E-state index contributed by atoms with van der Waals surface area (Å²) in [4.78, 5) is 10.3. The molecule has 1 fully saturated rings. The zero-order chi connectivity index (χ0) is 23.8. The van der Waals surface area contributed by atoms with Gasteiger partial charge in [0.05, 0.1) is 17.2 Å². The fourth-order valence-electron chi connectivity index (χ4n) is 4.66. The second kappa shape index (κ2) is 9.26. The monoisotopic (exact) mass is 489 g/mol. The fourth-order valence-corrected chi connectivity index (χ4v) is 5.77. The van der Waals surface area contributed by atoms with Gasteiger partial charge < -0.3 is 9.52 Å². The summed E-state index contributed by atoms with van der Waals surface area (Å²) >= 11 is 1.33. The topological polar surface area (TPSA) is 70.0 Å². The second-order valence-corrected chi connectivity index (χ2v) is 9.63. The van der Waals surface area contributed by atoms with Crippen molar-refractivity contribution in [2.45, 2.75) is 12.6 Å². The van der Waals surface area contributed by atoms with Gasteiger partial charge in [-0.25, -0.2) is 4.39 Å². The van der Waals surface area contributed by atoms with Gasteiger partial charge in [0.15, 0.2) is 5.76 Å². The van der Waals surface area contributed by atoms with E-state index in [0.717, 1.165) is 32.7 Å². The van der Waals surface area contributed by atoms with Crippen LogP contribution in [0.2, 0.25) is 0 Å². The molecule has 1 aliphatic rings. The van der Waals surface area contributed by atoms with Crippen LogP contribution < -0.4 is 0 Å². The average Bonchev–Trinajstić information content (AvgIpc) is 3.61. The predicted molar refractivity (Wildman–Crippen MR) is 132 cm³/mol. The highest BCUT2D eigenvalue weighted by Crippen LogP contribution is 2.41. The number of benzene rings is 2. The lowest BCUT2D eigenvalue weighted by Gasteiger charge is -2.39. The third-order valence-corrected chi connectivity index (χ3v) is 7.48. The molecule has 35 heavy (non-hydrogen) atoms. The van der Waals surface area contributed by atoms with Crippen molar-refractivity contribution < 1.29 is 13.9 Å². The molecule has 5 aromatic rings. The van der Waals surface area contributed by atoms with Gasteiger partial charge in [0.25, 0.3) is 0 Å². The zero-order valence-electron chi connectivity index (χ0n) is 18.9. The molecule has 178 valence electrons. The first-order valence-electron chi connectivity index (χ1n) is 11.5. The second-order valence-electron chi connectivity index (χ2n) is 8.62. The van der Waals surface area contributed by atoms with Gasteiger partial charge in [-0.3, -0.25) is 9.80 Å². The molecule has 1 aliphatic heterocycles. The van der Waals surface area contributed by atoms with Gasteiger partial charge in [-0.1, -0.05) is 59.9 Å². The third-order valence-electron chi connectivity index (χ3n) is 6.41. The quantitative estimate of drug-likeness (QED) is 0.369. The summed E-state index contributed by atoms with van der Waals surface area (Å²) in [7, 11) is 0. The number of aromatic nitrogens is 3. The molecule has 6 rings (SSSR count). The summed E-state index contributed by atoms with van der Waals surface area (Å²) in [6.45, 7) is 4.08. The van der Waals surface area contributed by atoms with Crippen LogP contribution in [0.1, 0.15) is 22.0 Å². The largest absolute Gasteiger partial charge is 0.492 e. The van der Waals surface area contributed by atoms with E-state index in [1.54, 1.807) is 30.5 Å². The number of nitrogens with zero attached hydrogens (tertiary/aromatic N) is 5. The Balaban J connectivity index is 1.31. The summed E-state index contributed by atoms with van der Waals surface area (Å²) in [5.74, 6) is 0.622. The Morgan fingerprint density at radius 2 is 1.74 bits per heavy atom. The summed E-state index contributed by atoms with van der Waals surface area (Å²) in [6, 6.07) is 20.3. The maximum Gasteiger partial charge on any atom is 0.230 e. The Hall–Kier alpha value is -3.53. The van der Waals surface area contributed by atoms with Crippen molar-refractivity contribution in [1.82, 2.24) is 24.4 Å². The fraction of sp³-hybridized carbons (Fsp3) is 0.231. The van der Waals surface area contributed by atoms with Gasteiger partial charge in [0.1, 0.15) is 5.82 Å². The van der Waals surface area contributed by atoms with Crippen LogP contribution in [0.15, 0.2) is 77.4 Å². The minimum Gasteiger partial charge on any atom is -0.492 e. The van der Waals surface area contributed by atoms with Gasteiger partial charge >= 0.3 is 0 Å². The van der Waals surface area contributed by atoms with E-state index in [-0.39, 0.29) is 11.7 Å². The van der Waals surface area contributed by atoms with E-state index in [9.17, 15) is 5.11 Å². The van der Waals surface area contributed by atoms with Gasteiger partial charge in [-0.15, -0.1) is 5.10 Å². The van der Waals surface area contributed by atoms with Crippen molar-refractivity contribution >= 4 is 16.3 Å². The highest BCUT2D eigenvalue weighted by Gasteiger charge is 2.33. The first kappa shape index (κ1) is 22.0. The molecule has 0 amide bonds. The molecule has 0 spiro atoms. The minimum atomic E-state index is -0.435. The Morgan fingerprint density at radius 3 is 2.46 bits per heavy atom. The Labute approximate surface area is 205 Å². The summed E-state index contributed by atoms with van der Waals surface area (Å²) < 4.78 is 21.8. The molecule has 0 saturated carbocycles. The number of rotatable bonds is 6. The maximum atomic E-state index is 15.0. The molecule has 1 atom stereocenters. The Morgan fingerprint density at radius 1 is 0.971 bits per heavy atom. The molecular formula is C26H24FN5O2S. The number of aromatic hydroxyl groups is 1. The SMILES string of the molecule is Oc1c(C(c2ccccc2F)N2CCN(Cc3ccccc3)CC2)sc2nc(-c3ccco3)nn12. The van der Waals surface area contributed by atoms with Crippen molar-refractivity contribution in [3.63, 3.8) is 0 Å². The first-order chi connectivity index (χ1) is 17.2. The lowest BCUT2D eigenvalue weighted by atomic mass is 10.0. The van der Waals surface area contributed by atoms with Gasteiger partial charge in [-0.05, 0) is 23.8 Å². The van der Waals surface area contributed by atoms with Crippen LogP contribution in [-0.2, 0) is 6.54 Å². The number of halogens is 1. The number of piperazine rings is 1. The van der Waals surface area contributed by atoms with Crippen LogP contribution in [0.4, 0.5) is 4.39 Å². The van der Waals surface area contributed by atoms with Gasteiger partial charge in [0, 0.05) is 38.3 Å². The summed E-state index contributed by atoms with van der Waals surface area (Å²) in [5.41, 5.74) is 1.82. The maximum absolute atomic E-state index is 15.0. The van der Waals surface area contributed by atoms with E-state index < -0.39 is 6.04 Å². The van der Waals surface area contributed by atoms with E-state index in [2.05, 4.69) is 44.1 Å². The first-order valence-corrected chi connectivity index (χ1v) is 12.4. The lowest BCUT2D eigenvalue weighted by molar-refractivity contribution is 0.103. The third kappa shape index (κ3) is 4.22. The van der Waals surface area contributed by atoms with Crippen molar-refractivity contribution in [2.75, 3.05) is 26.2 Å². The number of thiazole rings is 1. The normalized spacial score (nSPS) is 16.1. The molecule has 9 heteroatoms. The van der Waals surface area contributed by atoms with E-state index in [4.69, 9.17) is 4.42 Å². The molecule has 1 unspecified atom stereocenters. The van der Waals surface area contributed by atoms with Crippen molar-refractivity contribution in [2.24, 2.45) is 0 Å². The molecule has 3 aromatic heterocycles. The van der Waals surface area contributed by atoms with E-state index in [1.165, 1.54) is 27.5 Å². The van der Waals surface area contributed by atoms with Crippen LogP contribution in [0, 0.1) is 5.82 Å². The predicted octanol–water partition coefficient (Wildman–Crippen LogP) is 4.80. The Bertz CT molecular complexity index is 1430. The molecule has 4 heterocycles. The van der Waals surface area contributed by atoms with Crippen LogP contribution in [-0.4, -0.2) is 55.7 Å². The molecular weight excluding hydrogens is 465 g/mol. The molecule has 7 nitrogen and oxygen atoms in total. The summed E-state index contributed by atoms with van der Waals surface area (Å²) in [6.07, 6.45) is 1.56. The highest BCUT2D eigenvalue weighted by molar-refractivity contribution is 7.17. The zero-order valence-corrected chi connectivity index (χ0v) is 19.7. The summed E-state index contributed by atoms with van der Waals surface area (Å²) in [5, 5.41) is 15.6. The van der Waals surface area contributed by atoms with Gasteiger partial charge in [-0.2, -0.15) is 9.50 Å². The van der Waals surface area contributed by atoms with E-state index in [0.29, 0.717) is 27.0 Å². The van der Waals surface area contributed by atoms with E-state index >= 15 is 4.39 Å². The van der Waals surface area contributed by atoms with Crippen molar-refractivity contribution in [3.05, 3.63) is 94.8 Å². The smallest absolute Gasteiger partial charge is 0.230 e. The van der Waals surface area contributed by atoms with E-state index in [1.807, 2.05) is 12.1 Å². The molecule has 1 saturated heterocycles. The van der Waals surface area contributed by atoms with Crippen LogP contribution in [0.3, 0.4) is 0 Å². The number of furan rings is 1. The molecule has 1 N–H and O–H groups in total. The van der Waals surface area contributed by atoms with Crippen LogP contribution in [0.25, 0.3) is 16.5 Å². The number of fused-ring (bicyclic) bond motifs is 1. The molecule has 0 radical (unpaired) electrons. The molecule has 0 aliphatic carbocycles. The number of hydrogen-bond acceptors (Lipinski definition) is 7. The molecule has 2 aromatic carbocycles. The van der Waals surface area contributed by atoms with Crippen LogP contribution in [0.5, 0.6) is 5.88 Å². The average molecular weight is 490 g/mol.